The molecule has 1 spiro atoms. The van der Waals surface area contributed by atoms with Crippen LogP contribution in [0.4, 0.5) is 0 Å². The van der Waals surface area contributed by atoms with Crippen molar-refractivity contribution in [2.45, 2.75) is 23.6 Å². The predicted octanol–water partition coefficient (Wildman–Crippen LogP) is 2.23. The van der Waals surface area contributed by atoms with Gasteiger partial charge in [0.05, 0.1) is 11.5 Å². The van der Waals surface area contributed by atoms with Crippen LogP contribution in [-0.4, -0.2) is 39.0 Å². The molecule has 0 saturated carbocycles. The Morgan fingerprint density at radius 3 is 2.90 bits per heavy atom. The van der Waals surface area contributed by atoms with Gasteiger partial charge >= 0.3 is 0 Å². The maximum Gasteiger partial charge on any atom is 0.243 e. The number of hydrogen-bond donors (Lipinski definition) is 0. The molecule has 0 aromatic heterocycles. The van der Waals surface area contributed by atoms with E-state index in [4.69, 9.17) is 16.3 Å². The monoisotopic (exact) mass is 315 g/mol. The Balaban J connectivity index is 1.85. The Bertz CT molecular complexity index is 596. The van der Waals surface area contributed by atoms with Crippen molar-refractivity contribution in [2.24, 2.45) is 5.41 Å². The molecule has 0 amide bonds. The Labute approximate surface area is 124 Å². The Kier molecular flexibility index (Phi) is 3.79. The van der Waals surface area contributed by atoms with Crippen LogP contribution in [0.5, 0.6) is 0 Å². The maximum atomic E-state index is 12.7. The highest BCUT2D eigenvalue weighted by Crippen LogP contribution is 2.40. The molecule has 6 heteroatoms. The third-order valence-corrected chi connectivity index (χ3v) is 6.43. The fourth-order valence-corrected chi connectivity index (χ4v) is 4.80. The van der Waals surface area contributed by atoms with Crippen molar-refractivity contribution in [3.63, 3.8) is 0 Å². The molecule has 0 radical (unpaired) electrons. The molecule has 1 unspecified atom stereocenters. The Hall–Kier alpha value is -0.620. The lowest BCUT2D eigenvalue weighted by atomic mass is 9.87. The van der Waals surface area contributed by atoms with Gasteiger partial charge in [-0.1, -0.05) is 12.1 Å². The van der Waals surface area contributed by atoms with E-state index in [-0.39, 0.29) is 5.41 Å². The van der Waals surface area contributed by atoms with Crippen LogP contribution in [0, 0.1) is 5.41 Å². The van der Waals surface area contributed by atoms with Crippen LogP contribution in [0.15, 0.2) is 29.2 Å². The van der Waals surface area contributed by atoms with Crippen LogP contribution >= 0.6 is 11.6 Å². The van der Waals surface area contributed by atoms with Crippen molar-refractivity contribution in [1.29, 1.82) is 0 Å². The summed E-state index contributed by atoms with van der Waals surface area (Å²) in [5.41, 5.74) is 0.864. The summed E-state index contributed by atoms with van der Waals surface area (Å²) in [6.45, 7) is 2.58. The topological polar surface area (TPSA) is 46.6 Å². The molecule has 2 fully saturated rings. The smallest absolute Gasteiger partial charge is 0.243 e. The summed E-state index contributed by atoms with van der Waals surface area (Å²) < 4.78 is 32.4. The second-order valence-electron chi connectivity index (χ2n) is 5.67. The summed E-state index contributed by atoms with van der Waals surface area (Å²) in [4.78, 5) is 0.339. The van der Waals surface area contributed by atoms with E-state index in [0.717, 1.165) is 25.0 Å². The minimum absolute atomic E-state index is 0.0389. The fraction of sp³-hybridized carbons (Fsp3) is 0.571. The highest BCUT2D eigenvalue weighted by Gasteiger charge is 2.45. The van der Waals surface area contributed by atoms with Crippen molar-refractivity contribution in [1.82, 2.24) is 4.31 Å². The van der Waals surface area contributed by atoms with E-state index >= 15 is 0 Å². The zero-order valence-electron chi connectivity index (χ0n) is 11.2. The Morgan fingerprint density at radius 1 is 1.35 bits per heavy atom. The summed E-state index contributed by atoms with van der Waals surface area (Å²) in [6.07, 6.45) is 1.85. The lowest BCUT2D eigenvalue weighted by Gasteiger charge is -2.22. The van der Waals surface area contributed by atoms with Crippen LogP contribution < -0.4 is 0 Å². The standard InChI is InChI=1S/C14H18ClNO3S/c15-9-12-2-1-3-13(8-12)20(17,18)16-6-4-14(10-16)5-7-19-11-14/h1-3,8H,4-7,9-11H2. The van der Waals surface area contributed by atoms with E-state index in [1.54, 1.807) is 22.5 Å². The molecule has 0 bridgehead atoms. The molecule has 1 atom stereocenters. The minimum atomic E-state index is -3.42. The van der Waals surface area contributed by atoms with Crippen LogP contribution in [0.1, 0.15) is 18.4 Å². The third-order valence-electron chi connectivity index (χ3n) is 4.28. The largest absolute Gasteiger partial charge is 0.381 e. The average Bonchev–Trinajstić information content (AvgIpc) is 3.10. The molecule has 1 aromatic rings. The van der Waals surface area contributed by atoms with Gasteiger partial charge in [-0.25, -0.2) is 8.42 Å². The zero-order valence-corrected chi connectivity index (χ0v) is 12.8. The van der Waals surface area contributed by atoms with Gasteiger partial charge in [0.15, 0.2) is 0 Å². The van der Waals surface area contributed by atoms with Gasteiger partial charge in [0.25, 0.3) is 0 Å². The molecule has 3 rings (SSSR count). The molecule has 0 N–H and O–H groups in total. The third kappa shape index (κ3) is 2.48. The minimum Gasteiger partial charge on any atom is -0.381 e. The van der Waals surface area contributed by atoms with Gasteiger partial charge in [0.2, 0.25) is 10.0 Å². The number of halogens is 1. The number of nitrogens with zero attached hydrogens (tertiary/aromatic N) is 1. The van der Waals surface area contributed by atoms with Crippen molar-refractivity contribution >= 4 is 21.6 Å². The van der Waals surface area contributed by atoms with Crippen LogP contribution in [0.3, 0.4) is 0 Å². The van der Waals surface area contributed by atoms with Gasteiger partial charge in [0.1, 0.15) is 0 Å². The summed E-state index contributed by atoms with van der Waals surface area (Å²) in [5, 5.41) is 0. The van der Waals surface area contributed by atoms with Crippen LogP contribution in [0.2, 0.25) is 0 Å². The van der Waals surface area contributed by atoms with Gasteiger partial charge in [-0.2, -0.15) is 4.31 Å². The molecule has 2 aliphatic heterocycles. The van der Waals surface area contributed by atoms with Gasteiger partial charge in [-0.05, 0) is 30.5 Å². The van der Waals surface area contributed by atoms with E-state index in [0.29, 0.717) is 30.5 Å². The maximum absolute atomic E-state index is 12.7. The van der Waals surface area contributed by atoms with Gasteiger partial charge in [0, 0.05) is 31.0 Å². The molecule has 0 aliphatic carbocycles. The molecule has 1 aromatic carbocycles. The van der Waals surface area contributed by atoms with E-state index in [1.165, 1.54) is 0 Å². The summed E-state index contributed by atoms with van der Waals surface area (Å²) in [7, 11) is -3.42. The molecule has 2 saturated heterocycles. The predicted molar refractivity (Wildman–Crippen MR) is 77.2 cm³/mol. The van der Waals surface area contributed by atoms with E-state index < -0.39 is 10.0 Å². The SMILES string of the molecule is O=S(=O)(c1cccc(CCl)c1)N1CCC2(CCOC2)C1. The highest BCUT2D eigenvalue weighted by molar-refractivity contribution is 7.89. The zero-order chi connectivity index (χ0) is 14.2. The first-order valence-electron chi connectivity index (χ1n) is 6.79. The summed E-state index contributed by atoms with van der Waals surface area (Å²) >= 11 is 5.78. The van der Waals surface area contributed by atoms with Crippen molar-refractivity contribution < 1.29 is 13.2 Å². The van der Waals surface area contributed by atoms with E-state index in [2.05, 4.69) is 0 Å². The fourth-order valence-electron chi connectivity index (χ4n) is 3.01. The first kappa shape index (κ1) is 14.3. The quantitative estimate of drug-likeness (QED) is 0.804. The summed E-state index contributed by atoms with van der Waals surface area (Å²) in [6, 6.07) is 6.89. The average molecular weight is 316 g/mol. The van der Waals surface area contributed by atoms with E-state index in [1.807, 2.05) is 6.07 Å². The highest BCUT2D eigenvalue weighted by atomic mass is 35.5. The van der Waals surface area contributed by atoms with Crippen LogP contribution in [0.25, 0.3) is 0 Å². The lowest BCUT2D eigenvalue weighted by molar-refractivity contribution is 0.157. The van der Waals surface area contributed by atoms with Crippen LogP contribution in [-0.2, 0) is 20.6 Å². The van der Waals surface area contributed by atoms with Gasteiger partial charge in [-0.3, -0.25) is 0 Å². The number of ether oxygens (including phenoxy) is 1. The Morgan fingerprint density at radius 2 is 2.20 bits per heavy atom. The second kappa shape index (κ2) is 5.30. The number of benzene rings is 1. The molecule has 110 valence electrons. The van der Waals surface area contributed by atoms with Gasteiger partial charge in [-0.15, -0.1) is 11.6 Å². The molecular weight excluding hydrogens is 298 g/mol. The molecule has 20 heavy (non-hydrogen) atoms. The first-order valence-corrected chi connectivity index (χ1v) is 8.76. The van der Waals surface area contributed by atoms with Crippen molar-refractivity contribution in [3.8, 4) is 0 Å². The number of sulfonamides is 1. The number of hydrogen-bond acceptors (Lipinski definition) is 3. The number of rotatable bonds is 3. The molecule has 4 nitrogen and oxygen atoms in total. The van der Waals surface area contributed by atoms with Crippen molar-refractivity contribution in [3.05, 3.63) is 29.8 Å². The molecular formula is C14H18ClNO3S. The lowest BCUT2D eigenvalue weighted by Crippen LogP contribution is -2.32. The van der Waals surface area contributed by atoms with Gasteiger partial charge < -0.3 is 4.74 Å². The normalized spacial score (nSPS) is 27.4. The molecule has 2 aliphatic rings. The summed E-state index contributed by atoms with van der Waals surface area (Å²) in [5.74, 6) is 0.321. The van der Waals surface area contributed by atoms with Crippen molar-refractivity contribution in [2.75, 3.05) is 26.3 Å². The number of alkyl halides is 1. The van der Waals surface area contributed by atoms with E-state index in [9.17, 15) is 8.42 Å². The first-order chi connectivity index (χ1) is 9.56. The molecule has 2 heterocycles. The second-order valence-corrected chi connectivity index (χ2v) is 7.88.